The average Bonchev–Trinajstić information content (AvgIpc) is 4.30. The summed E-state index contributed by atoms with van der Waals surface area (Å²) in [4.78, 5) is 100. The third kappa shape index (κ3) is 18.8. The van der Waals surface area contributed by atoms with Crippen LogP contribution < -0.4 is 20.3 Å². The van der Waals surface area contributed by atoms with Gasteiger partial charge in [0.15, 0.2) is 5.72 Å². The predicted octanol–water partition coefficient (Wildman–Crippen LogP) is 8.99. The summed E-state index contributed by atoms with van der Waals surface area (Å²) in [5, 5.41) is 17.4. The first kappa shape index (κ1) is 67.4. The lowest BCUT2D eigenvalue weighted by Crippen LogP contribution is -2.63. The number of methoxy groups -OCH3 is 1. The number of thioether (sulfide) groups is 1. The molecule has 5 rings (SSSR count). The van der Waals surface area contributed by atoms with E-state index in [2.05, 4.69) is 17.6 Å². The molecule has 0 spiro atoms. The number of likely N-dealkylation sites (N-methyl/N-ethyl adjacent to an activating group) is 3. The molecule has 22 heteroatoms. The van der Waals surface area contributed by atoms with E-state index >= 15 is 0 Å². The molecule has 3 N–H and O–H groups in total. The zero-order valence-corrected chi connectivity index (χ0v) is 51.9. The zero-order chi connectivity index (χ0) is 60.5. The van der Waals surface area contributed by atoms with Gasteiger partial charge in [0, 0.05) is 78.4 Å². The Balaban J connectivity index is 1.24. The van der Waals surface area contributed by atoms with Gasteiger partial charge in [0.05, 0.1) is 24.8 Å². The Morgan fingerprint density at radius 1 is 1.02 bits per heavy atom. The molecule has 82 heavy (non-hydrogen) atoms. The highest BCUT2D eigenvalue weighted by molar-refractivity contribution is 8.13. The molecule has 6 amide bonds. The van der Waals surface area contributed by atoms with Gasteiger partial charge in [-0.3, -0.25) is 24.5 Å². The van der Waals surface area contributed by atoms with E-state index in [1.807, 2.05) is 58.9 Å². The summed E-state index contributed by atoms with van der Waals surface area (Å²) < 4.78 is 36.0. The number of carbonyl (C=O) groups is 7. The highest BCUT2D eigenvalue weighted by atomic mass is 35.5. The van der Waals surface area contributed by atoms with E-state index in [9.17, 15) is 38.7 Å². The molecule has 20 nitrogen and oxygen atoms in total. The molecule has 1 aromatic rings. The number of amides is 6. The van der Waals surface area contributed by atoms with Gasteiger partial charge in [-0.15, -0.1) is 0 Å². The van der Waals surface area contributed by atoms with Gasteiger partial charge in [0.25, 0.3) is 5.24 Å². The van der Waals surface area contributed by atoms with Crippen LogP contribution >= 0.6 is 23.4 Å². The number of aliphatic hydroxyl groups is 1. The van der Waals surface area contributed by atoms with Crippen LogP contribution in [-0.4, -0.2) is 177 Å². The summed E-state index contributed by atoms with van der Waals surface area (Å²) in [6, 6.07) is 2.61. The molecular weight excluding hydrogens is 1100 g/mol. The number of alkyl carbamates (subject to hydrolysis) is 1. The second kappa shape index (κ2) is 31.5. The molecule has 3 unspecified atom stereocenters. The molecule has 2 fully saturated rings. The van der Waals surface area contributed by atoms with Crippen molar-refractivity contribution >= 4 is 70.2 Å². The highest BCUT2D eigenvalue weighted by Crippen LogP contribution is 2.61. The molecule has 458 valence electrons. The SMILES string of the molecule is CCCCCOc1cc2cc(c1Cl)N(C)C(=O)C[C@H](OC(=O)[C@H](C)N(C)C(=O)CCSC(=O)N(C)CCN(C)C(=O)OC1/C=C/CCCCC1OCC(=O)NC(C)CC)[C@]1(C)C[C@H]1[C@H](C)[C@@H]1C[C@@](O)(NC(=O)O1)[C@H](OC)/C=C/C=C(\C)C2. The van der Waals surface area contributed by atoms with E-state index in [0.29, 0.717) is 37.3 Å². The Bertz CT molecular complexity index is 2480. The van der Waals surface area contributed by atoms with Crippen LogP contribution in [0.1, 0.15) is 131 Å². The van der Waals surface area contributed by atoms with E-state index in [1.165, 1.54) is 40.7 Å². The van der Waals surface area contributed by atoms with Crippen LogP contribution in [0.3, 0.4) is 0 Å². The standard InChI is InChI=1S/C60H91ClN6O14S/c1-13-15-20-29-77-47-33-42-31-38(3)22-21-25-49(76-12)60(75)36-48(79-56(72)63-60)40(5)43-35-59(43,7)50(34-53(70)67(11)44(32-42)54(47)61)81-55(71)41(6)66(10)52(69)26-30-82-58(74)65(9)28-27-64(8)57(73)80-46-24-19-17-16-18-23-45(46)78-37-51(68)62-39(4)14-2/h19,21-22,24-25,32-33,39-41,43,45-46,48-50,75H,13-18,20,23,26-31,34-37H2,1-12H3,(H,62,68)(H,63,72)/b24-19+,25-21+,38-22+/t39?,40-,41-,43-,45?,46?,48-,49+,50-,59+,60-/m0/s1. The molecule has 1 saturated carbocycles. The monoisotopic (exact) mass is 1190 g/mol. The van der Waals surface area contributed by atoms with Crippen LogP contribution in [0.4, 0.5) is 20.1 Å². The number of rotatable bonds is 21. The molecule has 4 bridgehead atoms. The second-order valence-electron chi connectivity index (χ2n) is 22.8. The number of anilines is 1. The number of carbonyl (C=O) groups excluding carboxylic acids is 7. The third-order valence-corrected chi connectivity index (χ3v) is 17.8. The molecule has 1 saturated heterocycles. The fourth-order valence-corrected chi connectivity index (χ4v) is 11.5. The van der Waals surface area contributed by atoms with Crippen LogP contribution in [0.25, 0.3) is 0 Å². The van der Waals surface area contributed by atoms with Crippen molar-refractivity contribution in [2.45, 2.75) is 180 Å². The van der Waals surface area contributed by atoms with Crippen molar-refractivity contribution in [1.82, 2.24) is 25.3 Å². The van der Waals surface area contributed by atoms with E-state index in [4.69, 9.17) is 40.0 Å². The minimum atomic E-state index is -1.83. The molecule has 0 radical (unpaired) electrons. The van der Waals surface area contributed by atoms with Gasteiger partial charge in [-0.25, -0.2) is 14.4 Å². The largest absolute Gasteiger partial charge is 0.492 e. The molecule has 1 aromatic carbocycles. The summed E-state index contributed by atoms with van der Waals surface area (Å²) in [6.45, 7) is 13.9. The Morgan fingerprint density at radius 2 is 1.76 bits per heavy atom. The first-order chi connectivity index (χ1) is 38.8. The molecule has 2 heterocycles. The van der Waals surface area contributed by atoms with Crippen molar-refractivity contribution in [3.63, 3.8) is 0 Å². The van der Waals surface area contributed by atoms with Crippen LogP contribution in [-0.2, 0) is 49.3 Å². The summed E-state index contributed by atoms with van der Waals surface area (Å²) in [6.07, 6.45) is 11.1. The fraction of sp³-hybridized carbons (Fsp3) is 0.683. The molecule has 4 aliphatic rings. The lowest BCUT2D eigenvalue weighted by Gasteiger charge is -2.42. The number of benzene rings is 1. The van der Waals surface area contributed by atoms with Gasteiger partial charge in [-0.05, 0) is 101 Å². The first-order valence-electron chi connectivity index (χ1n) is 29.0. The summed E-state index contributed by atoms with van der Waals surface area (Å²) in [7, 11) is 7.71. The van der Waals surface area contributed by atoms with Crippen molar-refractivity contribution in [2.75, 3.05) is 72.3 Å². The number of nitrogens with zero attached hydrogens (tertiary/aromatic N) is 4. The van der Waals surface area contributed by atoms with E-state index in [-0.39, 0.29) is 78.8 Å². The van der Waals surface area contributed by atoms with Gasteiger partial charge < -0.3 is 58.4 Å². The summed E-state index contributed by atoms with van der Waals surface area (Å²) in [5.74, 6) is -1.91. The number of nitrogens with one attached hydrogen (secondary N) is 2. The van der Waals surface area contributed by atoms with Gasteiger partial charge in [0.2, 0.25) is 17.7 Å². The van der Waals surface area contributed by atoms with Crippen molar-refractivity contribution < 1.29 is 67.1 Å². The Labute approximate surface area is 494 Å². The van der Waals surface area contributed by atoms with E-state index in [0.717, 1.165) is 67.8 Å². The first-order valence-corrected chi connectivity index (χ1v) is 30.4. The highest BCUT2D eigenvalue weighted by Gasteiger charge is 2.62. The van der Waals surface area contributed by atoms with Gasteiger partial charge in [-0.1, -0.05) is 100 Å². The van der Waals surface area contributed by atoms with Crippen LogP contribution in [0.5, 0.6) is 5.75 Å². The summed E-state index contributed by atoms with van der Waals surface area (Å²) >= 11 is 7.99. The number of halogens is 1. The number of fused-ring (bicyclic) bond motifs is 5. The number of esters is 1. The van der Waals surface area contributed by atoms with Crippen LogP contribution in [0, 0.1) is 17.3 Å². The number of allylic oxidation sites excluding steroid dienone is 4. The van der Waals surface area contributed by atoms with E-state index < -0.39 is 77.7 Å². The lowest BCUT2D eigenvalue weighted by molar-refractivity contribution is -0.163. The average molecular weight is 1190 g/mol. The van der Waals surface area contributed by atoms with Gasteiger partial charge in [0.1, 0.15) is 47.8 Å². The maximum Gasteiger partial charge on any atom is 0.410 e. The molecule has 2 aliphatic carbocycles. The molecule has 0 aromatic heterocycles. The van der Waals surface area contributed by atoms with Crippen molar-refractivity contribution in [3.05, 3.63) is 58.7 Å². The lowest BCUT2D eigenvalue weighted by atomic mass is 9.83. The zero-order valence-electron chi connectivity index (χ0n) is 50.3. The second-order valence-corrected chi connectivity index (χ2v) is 24.3. The fourth-order valence-electron chi connectivity index (χ4n) is 10.5. The molecule has 2 aliphatic heterocycles. The van der Waals surface area contributed by atoms with Gasteiger partial charge >= 0.3 is 18.2 Å². The Hall–Kier alpha value is -5.35. The number of unbranched alkanes of at least 4 members (excludes halogenated alkanes) is 2. The Kier molecular flexibility index (Phi) is 25.9. The smallest absolute Gasteiger partial charge is 0.410 e. The van der Waals surface area contributed by atoms with Crippen LogP contribution in [0.2, 0.25) is 5.02 Å². The van der Waals surface area contributed by atoms with Crippen LogP contribution in [0.15, 0.2) is 48.1 Å². The van der Waals surface area contributed by atoms with Crippen molar-refractivity contribution in [1.29, 1.82) is 0 Å². The van der Waals surface area contributed by atoms with Crippen molar-refractivity contribution in [3.8, 4) is 5.75 Å². The van der Waals surface area contributed by atoms with Crippen molar-refractivity contribution in [2.24, 2.45) is 17.3 Å². The Morgan fingerprint density at radius 3 is 2.46 bits per heavy atom. The predicted molar refractivity (Wildman–Crippen MR) is 316 cm³/mol. The molecular formula is C60H91ClN6O14S. The van der Waals surface area contributed by atoms with E-state index in [1.54, 1.807) is 39.4 Å². The quantitative estimate of drug-likeness (QED) is 0.0451. The maximum absolute atomic E-state index is 14.7. The van der Waals surface area contributed by atoms with Gasteiger partial charge in [-0.2, -0.15) is 0 Å². The minimum Gasteiger partial charge on any atom is -0.492 e. The summed E-state index contributed by atoms with van der Waals surface area (Å²) in [5.41, 5.74) is -0.496. The topological polar surface area (TPSA) is 232 Å². The minimum absolute atomic E-state index is 0.0114. The molecule has 11 atom stereocenters. The third-order valence-electron chi connectivity index (χ3n) is 16.4. The number of ether oxygens (including phenoxy) is 6. The normalized spacial score (nSPS) is 27.9. The number of hydrogen-bond acceptors (Lipinski definition) is 15. The number of hydrogen-bond donors (Lipinski definition) is 3. The maximum atomic E-state index is 14.7.